The van der Waals surface area contributed by atoms with Crippen LogP contribution in [0.15, 0.2) is 40.7 Å². The molecular weight excluding hydrogens is 405 g/mol. The SMILES string of the molecule is C/C=C(Cl)\C(CC(=O)Nc1nnc(Cc2ccc(OC)c(OC)c2)s1)=C(/C)F. The Morgan fingerprint density at radius 1 is 1.29 bits per heavy atom. The maximum Gasteiger partial charge on any atom is 0.230 e. The molecule has 0 spiro atoms. The van der Waals surface area contributed by atoms with E-state index in [0.29, 0.717) is 28.1 Å². The molecule has 28 heavy (non-hydrogen) atoms. The minimum Gasteiger partial charge on any atom is -0.493 e. The van der Waals surface area contributed by atoms with E-state index in [2.05, 4.69) is 15.5 Å². The van der Waals surface area contributed by atoms with Gasteiger partial charge in [-0.1, -0.05) is 35.1 Å². The number of nitrogens with one attached hydrogen (secondary N) is 1. The minimum atomic E-state index is -0.496. The molecule has 0 aliphatic carbocycles. The predicted molar refractivity (Wildman–Crippen MR) is 109 cm³/mol. The van der Waals surface area contributed by atoms with E-state index in [4.69, 9.17) is 21.1 Å². The van der Waals surface area contributed by atoms with Gasteiger partial charge in [-0.25, -0.2) is 4.39 Å². The highest BCUT2D eigenvalue weighted by atomic mass is 35.5. The van der Waals surface area contributed by atoms with Crippen LogP contribution in [0.3, 0.4) is 0 Å². The number of carbonyl (C=O) groups is 1. The molecule has 0 radical (unpaired) electrons. The van der Waals surface area contributed by atoms with Gasteiger partial charge < -0.3 is 14.8 Å². The van der Waals surface area contributed by atoms with Gasteiger partial charge in [0.1, 0.15) is 10.8 Å². The topological polar surface area (TPSA) is 73.3 Å². The summed E-state index contributed by atoms with van der Waals surface area (Å²) in [4.78, 5) is 12.2. The first kappa shape index (κ1) is 21.8. The van der Waals surface area contributed by atoms with Gasteiger partial charge in [0, 0.05) is 17.0 Å². The van der Waals surface area contributed by atoms with Crippen molar-refractivity contribution in [1.82, 2.24) is 10.2 Å². The molecule has 1 aromatic carbocycles. The Kier molecular flexibility index (Phi) is 7.95. The van der Waals surface area contributed by atoms with Crippen LogP contribution in [-0.2, 0) is 11.2 Å². The molecule has 0 saturated heterocycles. The smallest absolute Gasteiger partial charge is 0.230 e. The fraction of sp³-hybridized carbons (Fsp3) is 0.316. The number of rotatable bonds is 8. The molecule has 1 aromatic heterocycles. The van der Waals surface area contributed by atoms with Crippen molar-refractivity contribution in [3.8, 4) is 11.5 Å². The summed E-state index contributed by atoms with van der Waals surface area (Å²) < 4.78 is 24.1. The van der Waals surface area contributed by atoms with Gasteiger partial charge in [0.05, 0.1) is 20.6 Å². The van der Waals surface area contributed by atoms with E-state index < -0.39 is 11.7 Å². The number of hydrogen-bond acceptors (Lipinski definition) is 6. The maximum absolute atomic E-state index is 13.6. The number of hydrogen-bond donors (Lipinski definition) is 1. The average Bonchev–Trinajstić information content (AvgIpc) is 3.11. The number of methoxy groups -OCH3 is 2. The van der Waals surface area contributed by atoms with Crippen molar-refractivity contribution in [3.63, 3.8) is 0 Å². The van der Waals surface area contributed by atoms with Gasteiger partial charge in [0.2, 0.25) is 11.0 Å². The predicted octanol–water partition coefficient (Wildman–Crippen LogP) is 4.86. The summed E-state index contributed by atoms with van der Waals surface area (Å²) >= 11 is 7.20. The molecular formula is C19H21ClFN3O3S. The highest BCUT2D eigenvalue weighted by Crippen LogP contribution is 2.29. The minimum absolute atomic E-state index is 0.150. The number of aromatic nitrogens is 2. The number of benzene rings is 1. The summed E-state index contributed by atoms with van der Waals surface area (Å²) in [5, 5.41) is 11.9. The zero-order chi connectivity index (χ0) is 20.7. The van der Waals surface area contributed by atoms with E-state index in [1.807, 2.05) is 18.2 Å². The zero-order valence-electron chi connectivity index (χ0n) is 16.0. The second kappa shape index (κ2) is 10.2. The molecule has 0 unspecified atom stereocenters. The van der Waals surface area contributed by atoms with E-state index in [1.165, 1.54) is 18.3 Å². The lowest BCUT2D eigenvalue weighted by atomic mass is 10.1. The van der Waals surface area contributed by atoms with Gasteiger partial charge >= 0.3 is 0 Å². The number of ether oxygens (including phenoxy) is 2. The fourth-order valence-electron chi connectivity index (χ4n) is 2.41. The third-order valence-corrected chi connectivity index (χ3v) is 5.10. The standard InChI is InChI=1S/C19H21ClFN3O3S/c1-5-14(20)13(11(2)21)10-17(25)22-19-24-23-18(28-19)9-12-6-7-15(26-3)16(8-12)27-4/h5-8H,9-10H2,1-4H3,(H,22,24,25)/b13-11+,14-5+. The number of halogens is 2. The van der Waals surface area contributed by atoms with Crippen LogP contribution in [0.1, 0.15) is 30.8 Å². The lowest BCUT2D eigenvalue weighted by molar-refractivity contribution is -0.115. The molecule has 0 bridgehead atoms. The second-order valence-corrected chi connectivity index (χ2v) is 7.21. The van der Waals surface area contributed by atoms with Gasteiger partial charge in [-0.2, -0.15) is 0 Å². The summed E-state index contributed by atoms with van der Waals surface area (Å²) in [6.07, 6.45) is 1.88. The van der Waals surface area contributed by atoms with Gasteiger partial charge in [-0.3, -0.25) is 4.79 Å². The largest absolute Gasteiger partial charge is 0.493 e. The first-order chi connectivity index (χ1) is 13.4. The van der Waals surface area contributed by atoms with Crippen LogP contribution < -0.4 is 14.8 Å². The zero-order valence-corrected chi connectivity index (χ0v) is 17.6. The van der Waals surface area contributed by atoms with Crippen molar-refractivity contribution >= 4 is 34.0 Å². The Balaban J connectivity index is 2.04. The van der Waals surface area contributed by atoms with Crippen LogP contribution in [0.25, 0.3) is 0 Å². The van der Waals surface area contributed by atoms with Crippen LogP contribution in [-0.4, -0.2) is 30.3 Å². The highest BCUT2D eigenvalue weighted by Gasteiger charge is 2.15. The van der Waals surface area contributed by atoms with E-state index in [-0.39, 0.29) is 17.0 Å². The quantitative estimate of drug-likeness (QED) is 0.611. The number of anilines is 1. The van der Waals surface area contributed by atoms with Crippen molar-refractivity contribution < 1.29 is 18.7 Å². The van der Waals surface area contributed by atoms with Crippen molar-refractivity contribution in [2.45, 2.75) is 26.7 Å². The molecule has 2 rings (SSSR count). The van der Waals surface area contributed by atoms with E-state index >= 15 is 0 Å². The van der Waals surface area contributed by atoms with E-state index in [1.54, 1.807) is 27.2 Å². The van der Waals surface area contributed by atoms with Crippen LogP contribution in [0.4, 0.5) is 9.52 Å². The third kappa shape index (κ3) is 5.77. The Morgan fingerprint density at radius 2 is 2.00 bits per heavy atom. The average molecular weight is 426 g/mol. The van der Waals surface area contributed by atoms with Crippen LogP contribution in [0, 0.1) is 0 Å². The van der Waals surface area contributed by atoms with Crippen molar-refractivity contribution in [3.05, 3.63) is 51.3 Å². The Hall–Kier alpha value is -2.45. The molecule has 1 N–H and O–H groups in total. The first-order valence-electron chi connectivity index (χ1n) is 8.38. The molecule has 150 valence electrons. The van der Waals surface area contributed by atoms with Crippen LogP contribution >= 0.6 is 22.9 Å². The Bertz CT molecular complexity index is 908. The second-order valence-electron chi connectivity index (χ2n) is 5.74. The van der Waals surface area contributed by atoms with Gasteiger partial charge in [0.25, 0.3) is 0 Å². The summed E-state index contributed by atoms with van der Waals surface area (Å²) in [7, 11) is 3.15. The monoisotopic (exact) mass is 425 g/mol. The normalized spacial score (nSPS) is 12.4. The number of carbonyl (C=O) groups excluding carboxylic acids is 1. The third-order valence-electron chi connectivity index (χ3n) is 3.81. The fourth-order valence-corrected chi connectivity index (χ4v) is 3.40. The highest BCUT2D eigenvalue weighted by molar-refractivity contribution is 7.15. The number of allylic oxidation sites excluding steroid dienone is 3. The number of amides is 1. The van der Waals surface area contributed by atoms with Crippen LogP contribution in [0.2, 0.25) is 0 Å². The van der Waals surface area contributed by atoms with Gasteiger partial charge in [0.15, 0.2) is 11.5 Å². The molecule has 0 aliphatic rings. The van der Waals surface area contributed by atoms with Crippen molar-refractivity contribution in [2.24, 2.45) is 0 Å². The van der Waals surface area contributed by atoms with E-state index in [0.717, 1.165) is 5.56 Å². The molecule has 0 saturated carbocycles. The molecule has 0 fully saturated rings. The molecule has 0 aliphatic heterocycles. The molecule has 2 aromatic rings. The lowest BCUT2D eigenvalue weighted by Crippen LogP contribution is -2.12. The molecule has 6 nitrogen and oxygen atoms in total. The van der Waals surface area contributed by atoms with Crippen LogP contribution in [0.5, 0.6) is 11.5 Å². The number of nitrogens with zero attached hydrogens (tertiary/aromatic N) is 2. The summed E-state index contributed by atoms with van der Waals surface area (Å²) in [5.41, 5.74) is 1.11. The molecule has 1 heterocycles. The van der Waals surface area contributed by atoms with Gasteiger partial charge in [-0.15, -0.1) is 10.2 Å². The Morgan fingerprint density at radius 3 is 2.61 bits per heavy atom. The van der Waals surface area contributed by atoms with Crippen molar-refractivity contribution in [1.29, 1.82) is 0 Å². The summed E-state index contributed by atoms with van der Waals surface area (Å²) in [5.74, 6) is 0.355. The molecule has 1 amide bonds. The molecule has 0 atom stereocenters. The maximum atomic E-state index is 13.6. The Labute approximate surface area is 172 Å². The molecule has 9 heteroatoms. The first-order valence-corrected chi connectivity index (χ1v) is 9.58. The van der Waals surface area contributed by atoms with Crippen molar-refractivity contribution in [2.75, 3.05) is 19.5 Å². The summed E-state index contributed by atoms with van der Waals surface area (Å²) in [6, 6.07) is 5.58. The van der Waals surface area contributed by atoms with Gasteiger partial charge in [-0.05, 0) is 31.5 Å². The summed E-state index contributed by atoms with van der Waals surface area (Å²) in [6.45, 7) is 2.94. The lowest BCUT2D eigenvalue weighted by Gasteiger charge is -2.08. The van der Waals surface area contributed by atoms with E-state index in [9.17, 15) is 9.18 Å².